The van der Waals surface area contributed by atoms with Gasteiger partial charge in [-0.25, -0.2) is 0 Å². The Morgan fingerprint density at radius 1 is 1.29 bits per heavy atom. The number of carbonyl (C=O) groups is 1. The SMILES string of the molecule is Cc1cccc(NC(=O)c2ccc[nH]c2=S)c1. The molecule has 1 amide bonds. The van der Waals surface area contributed by atoms with Crippen molar-refractivity contribution in [2.75, 3.05) is 5.32 Å². The first-order valence-corrected chi connectivity index (χ1v) is 5.63. The van der Waals surface area contributed by atoms with Crippen molar-refractivity contribution in [3.63, 3.8) is 0 Å². The maximum Gasteiger partial charge on any atom is 0.258 e. The van der Waals surface area contributed by atoms with E-state index in [1.807, 2.05) is 31.2 Å². The summed E-state index contributed by atoms with van der Waals surface area (Å²) in [6.07, 6.45) is 1.70. The van der Waals surface area contributed by atoms with Crippen molar-refractivity contribution >= 4 is 23.8 Å². The quantitative estimate of drug-likeness (QED) is 0.796. The second-order valence-electron chi connectivity index (χ2n) is 3.74. The van der Waals surface area contributed by atoms with Gasteiger partial charge in [0.25, 0.3) is 5.91 Å². The van der Waals surface area contributed by atoms with E-state index in [-0.39, 0.29) is 5.91 Å². The third-order valence-corrected chi connectivity index (χ3v) is 2.68. The lowest BCUT2D eigenvalue weighted by Gasteiger charge is -2.05. The van der Waals surface area contributed by atoms with Crippen LogP contribution in [0.5, 0.6) is 0 Å². The molecule has 0 saturated heterocycles. The van der Waals surface area contributed by atoms with E-state index >= 15 is 0 Å². The molecular formula is C13H12N2OS. The minimum atomic E-state index is -0.197. The number of nitrogens with one attached hydrogen (secondary N) is 2. The molecule has 1 heterocycles. The van der Waals surface area contributed by atoms with Crippen molar-refractivity contribution in [1.82, 2.24) is 4.98 Å². The molecular weight excluding hydrogens is 232 g/mol. The highest BCUT2D eigenvalue weighted by molar-refractivity contribution is 7.71. The third-order valence-electron chi connectivity index (χ3n) is 2.34. The van der Waals surface area contributed by atoms with Gasteiger partial charge in [-0.05, 0) is 36.8 Å². The molecule has 0 aliphatic heterocycles. The van der Waals surface area contributed by atoms with Crippen LogP contribution in [0.1, 0.15) is 15.9 Å². The van der Waals surface area contributed by atoms with Crippen molar-refractivity contribution < 1.29 is 4.79 Å². The fourth-order valence-electron chi connectivity index (χ4n) is 1.52. The number of H-pyrrole nitrogens is 1. The zero-order valence-corrected chi connectivity index (χ0v) is 10.2. The Morgan fingerprint density at radius 2 is 2.12 bits per heavy atom. The summed E-state index contributed by atoms with van der Waals surface area (Å²) in [7, 11) is 0. The summed E-state index contributed by atoms with van der Waals surface area (Å²) in [5.74, 6) is -0.197. The van der Waals surface area contributed by atoms with Crippen LogP contribution < -0.4 is 5.32 Å². The molecule has 2 rings (SSSR count). The number of amides is 1. The molecule has 1 aromatic heterocycles. The lowest BCUT2D eigenvalue weighted by molar-refractivity contribution is 0.102. The van der Waals surface area contributed by atoms with Gasteiger partial charge in [-0.3, -0.25) is 4.79 Å². The van der Waals surface area contributed by atoms with Crippen LogP contribution >= 0.6 is 12.2 Å². The Hall–Kier alpha value is -1.94. The highest BCUT2D eigenvalue weighted by Gasteiger charge is 2.07. The Balaban J connectivity index is 2.23. The minimum absolute atomic E-state index is 0.197. The number of rotatable bonds is 2. The summed E-state index contributed by atoms with van der Waals surface area (Å²) in [6, 6.07) is 11.1. The monoisotopic (exact) mass is 244 g/mol. The summed E-state index contributed by atoms with van der Waals surface area (Å²) in [5, 5.41) is 2.81. The number of carbonyl (C=O) groups excluding carboxylic acids is 1. The number of benzene rings is 1. The van der Waals surface area contributed by atoms with E-state index in [4.69, 9.17) is 12.2 Å². The molecule has 86 valence electrons. The first-order valence-electron chi connectivity index (χ1n) is 5.22. The predicted octanol–water partition coefficient (Wildman–Crippen LogP) is 3.30. The molecule has 1 aromatic carbocycles. The average Bonchev–Trinajstić information content (AvgIpc) is 2.29. The van der Waals surface area contributed by atoms with E-state index in [0.717, 1.165) is 11.3 Å². The number of hydrogen-bond acceptors (Lipinski definition) is 2. The Kier molecular flexibility index (Phi) is 3.35. The molecule has 0 bridgehead atoms. The highest BCUT2D eigenvalue weighted by Crippen LogP contribution is 2.11. The maximum absolute atomic E-state index is 11.9. The van der Waals surface area contributed by atoms with E-state index in [1.165, 1.54) is 0 Å². The molecule has 0 saturated carbocycles. The van der Waals surface area contributed by atoms with Crippen LogP contribution in [0.3, 0.4) is 0 Å². The number of anilines is 1. The summed E-state index contributed by atoms with van der Waals surface area (Å²) < 4.78 is 0.442. The van der Waals surface area contributed by atoms with Crippen LogP contribution in [-0.2, 0) is 0 Å². The van der Waals surface area contributed by atoms with Crippen molar-refractivity contribution in [3.8, 4) is 0 Å². The van der Waals surface area contributed by atoms with Gasteiger partial charge in [0.2, 0.25) is 0 Å². The van der Waals surface area contributed by atoms with Crippen LogP contribution in [0.4, 0.5) is 5.69 Å². The van der Waals surface area contributed by atoms with E-state index in [1.54, 1.807) is 18.3 Å². The lowest BCUT2D eigenvalue weighted by atomic mass is 10.2. The molecule has 0 aliphatic carbocycles. The zero-order valence-electron chi connectivity index (χ0n) is 9.36. The Morgan fingerprint density at radius 3 is 2.82 bits per heavy atom. The van der Waals surface area contributed by atoms with Gasteiger partial charge >= 0.3 is 0 Å². The number of pyridine rings is 1. The average molecular weight is 244 g/mol. The second kappa shape index (κ2) is 4.93. The standard InChI is InChI=1S/C13H12N2OS/c1-9-4-2-5-10(8-9)15-12(16)11-6-3-7-14-13(11)17/h2-8H,1H3,(H,14,17)(H,15,16). The summed E-state index contributed by atoms with van der Waals surface area (Å²) in [4.78, 5) is 14.8. The number of aryl methyl sites for hydroxylation is 1. The molecule has 17 heavy (non-hydrogen) atoms. The molecule has 0 radical (unpaired) electrons. The first kappa shape index (κ1) is 11.5. The van der Waals surface area contributed by atoms with Gasteiger partial charge in [0.05, 0.1) is 5.56 Å². The van der Waals surface area contributed by atoms with Gasteiger partial charge in [-0.15, -0.1) is 0 Å². The van der Waals surface area contributed by atoms with E-state index < -0.39 is 0 Å². The predicted molar refractivity (Wildman–Crippen MR) is 70.8 cm³/mol. The van der Waals surface area contributed by atoms with Crippen LogP contribution in [0.15, 0.2) is 42.6 Å². The van der Waals surface area contributed by atoms with Gasteiger partial charge in [0.15, 0.2) is 0 Å². The smallest absolute Gasteiger partial charge is 0.258 e. The van der Waals surface area contributed by atoms with Crippen molar-refractivity contribution in [2.45, 2.75) is 6.92 Å². The lowest BCUT2D eigenvalue weighted by Crippen LogP contribution is -2.12. The second-order valence-corrected chi connectivity index (χ2v) is 4.14. The topological polar surface area (TPSA) is 44.9 Å². The van der Waals surface area contributed by atoms with Crippen LogP contribution in [0.2, 0.25) is 0 Å². The summed E-state index contributed by atoms with van der Waals surface area (Å²) in [5.41, 5.74) is 2.35. The maximum atomic E-state index is 11.9. The van der Waals surface area contributed by atoms with Crippen molar-refractivity contribution in [1.29, 1.82) is 0 Å². The largest absolute Gasteiger partial charge is 0.352 e. The van der Waals surface area contributed by atoms with Crippen LogP contribution in [-0.4, -0.2) is 10.9 Å². The van der Waals surface area contributed by atoms with E-state index in [9.17, 15) is 4.79 Å². The van der Waals surface area contributed by atoms with Gasteiger partial charge in [0, 0.05) is 11.9 Å². The van der Waals surface area contributed by atoms with Gasteiger partial charge < -0.3 is 10.3 Å². The molecule has 0 unspecified atom stereocenters. The first-order chi connectivity index (χ1) is 8.16. The fraction of sp³-hybridized carbons (Fsp3) is 0.0769. The van der Waals surface area contributed by atoms with Crippen LogP contribution in [0.25, 0.3) is 0 Å². The fourth-order valence-corrected chi connectivity index (χ4v) is 1.75. The van der Waals surface area contributed by atoms with Gasteiger partial charge in [-0.2, -0.15) is 0 Å². The Labute approximate surface area is 105 Å². The molecule has 0 fully saturated rings. The molecule has 2 N–H and O–H groups in total. The molecule has 2 aromatic rings. The van der Waals surface area contributed by atoms with Crippen LogP contribution in [0, 0.1) is 11.6 Å². The summed E-state index contributed by atoms with van der Waals surface area (Å²) >= 11 is 5.05. The van der Waals surface area contributed by atoms with Gasteiger partial charge in [0.1, 0.15) is 4.64 Å². The zero-order chi connectivity index (χ0) is 12.3. The third kappa shape index (κ3) is 2.79. The number of aromatic nitrogens is 1. The highest BCUT2D eigenvalue weighted by atomic mass is 32.1. The van der Waals surface area contributed by atoms with Gasteiger partial charge in [-0.1, -0.05) is 24.4 Å². The minimum Gasteiger partial charge on any atom is -0.352 e. The number of aromatic amines is 1. The molecule has 3 nitrogen and oxygen atoms in total. The summed E-state index contributed by atoms with van der Waals surface area (Å²) in [6.45, 7) is 1.98. The van der Waals surface area contributed by atoms with Crippen molar-refractivity contribution in [3.05, 3.63) is 58.4 Å². The normalized spacial score (nSPS) is 9.94. The molecule has 0 atom stereocenters. The van der Waals surface area contributed by atoms with Crippen molar-refractivity contribution in [2.24, 2.45) is 0 Å². The number of hydrogen-bond donors (Lipinski definition) is 2. The molecule has 0 aliphatic rings. The van der Waals surface area contributed by atoms with E-state index in [2.05, 4.69) is 10.3 Å². The van der Waals surface area contributed by atoms with E-state index in [0.29, 0.717) is 10.2 Å². The Bertz CT molecular complexity index is 604. The molecule has 4 heteroatoms. The molecule has 0 spiro atoms.